The summed E-state index contributed by atoms with van der Waals surface area (Å²) in [7, 11) is 1.61. The number of pyridine rings is 1. The molecule has 2 heterocycles. The van der Waals surface area contributed by atoms with Crippen molar-refractivity contribution in [3.8, 4) is 0 Å². The number of carboxylic acids is 1. The average Bonchev–Trinajstić information content (AvgIpc) is 2.86. The summed E-state index contributed by atoms with van der Waals surface area (Å²) in [6.45, 7) is 4.02. The predicted molar refractivity (Wildman–Crippen MR) is 71.5 cm³/mol. The lowest BCUT2D eigenvalue weighted by Gasteiger charge is -2.26. The van der Waals surface area contributed by atoms with Crippen LogP contribution in [0.15, 0.2) is 12.1 Å². The number of carboxylic acid groups (broad SMARTS) is 1. The Kier molecular flexibility index (Phi) is 4.04. The molecule has 1 aromatic rings. The van der Waals surface area contributed by atoms with Gasteiger partial charge in [-0.2, -0.15) is 0 Å². The van der Waals surface area contributed by atoms with E-state index >= 15 is 0 Å². The minimum Gasteiger partial charge on any atom is -0.481 e. The van der Waals surface area contributed by atoms with Crippen LogP contribution in [0.4, 0.5) is 0 Å². The van der Waals surface area contributed by atoms with E-state index in [0.717, 1.165) is 5.69 Å². The third-order valence-corrected chi connectivity index (χ3v) is 3.64. The molecule has 6 heteroatoms. The highest BCUT2D eigenvalue weighted by Gasteiger charge is 2.38. The van der Waals surface area contributed by atoms with E-state index < -0.39 is 17.9 Å². The molecule has 1 aliphatic heterocycles. The van der Waals surface area contributed by atoms with Gasteiger partial charge in [-0.05, 0) is 26.0 Å². The summed E-state index contributed by atoms with van der Waals surface area (Å²) < 4.78 is 5.20. The highest BCUT2D eigenvalue weighted by atomic mass is 16.5. The van der Waals surface area contributed by atoms with Crippen molar-refractivity contribution in [3.05, 3.63) is 29.1 Å². The Morgan fingerprint density at radius 1 is 1.35 bits per heavy atom. The van der Waals surface area contributed by atoms with E-state index in [4.69, 9.17) is 9.84 Å². The summed E-state index contributed by atoms with van der Waals surface area (Å²) >= 11 is 0. The first-order chi connectivity index (χ1) is 9.41. The highest BCUT2D eigenvalue weighted by Crippen LogP contribution is 2.21. The lowest BCUT2D eigenvalue weighted by molar-refractivity contribution is -0.142. The fourth-order valence-corrected chi connectivity index (χ4v) is 2.41. The summed E-state index contributed by atoms with van der Waals surface area (Å²) in [6, 6.07) is 3.05. The zero-order chi connectivity index (χ0) is 14.9. The van der Waals surface area contributed by atoms with Crippen LogP contribution in [0, 0.1) is 19.8 Å². The molecule has 1 fully saturated rings. The average molecular weight is 278 g/mol. The van der Waals surface area contributed by atoms with Gasteiger partial charge in [-0.1, -0.05) is 0 Å². The Bertz CT molecular complexity index is 544. The van der Waals surface area contributed by atoms with Crippen LogP contribution in [0.3, 0.4) is 0 Å². The van der Waals surface area contributed by atoms with Gasteiger partial charge in [0.25, 0.3) is 5.91 Å². The van der Waals surface area contributed by atoms with Gasteiger partial charge in [0.05, 0.1) is 30.5 Å². The van der Waals surface area contributed by atoms with Gasteiger partial charge in [0.15, 0.2) is 0 Å². The number of ether oxygens (including phenoxy) is 1. The van der Waals surface area contributed by atoms with Crippen LogP contribution in [0.5, 0.6) is 0 Å². The van der Waals surface area contributed by atoms with Crippen molar-refractivity contribution < 1.29 is 19.4 Å². The van der Waals surface area contributed by atoms with E-state index in [1.54, 1.807) is 26.1 Å². The van der Waals surface area contributed by atoms with Crippen LogP contribution < -0.4 is 0 Å². The van der Waals surface area contributed by atoms with Gasteiger partial charge in [0.1, 0.15) is 5.92 Å². The molecule has 0 saturated carbocycles. The molecule has 1 N–H and O–H groups in total. The van der Waals surface area contributed by atoms with Crippen molar-refractivity contribution in [2.45, 2.75) is 19.9 Å². The van der Waals surface area contributed by atoms with E-state index in [-0.39, 0.29) is 19.1 Å². The van der Waals surface area contributed by atoms with Crippen molar-refractivity contribution in [1.29, 1.82) is 0 Å². The zero-order valence-corrected chi connectivity index (χ0v) is 11.8. The molecule has 108 valence electrons. The van der Waals surface area contributed by atoms with E-state index in [1.807, 2.05) is 6.92 Å². The molecule has 2 atom stereocenters. The third-order valence-electron chi connectivity index (χ3n) is 3.64. The maximum atomic E-state index is 12.5. The second-order valence-corrected chi connectivity index (χ2v) is 5.05. The molecular weight excluding hydrogens is 260 g/mol. The second-order valence-electron chi connectivity index (χ2n) is 5.05. The standard InChI is InChI=1S/C14H18N2O4/c1-8-4-5-10(9(2)15-8)13(17)16(3)12-7-20-6-11(12)14(18)19/h4-5,11-12H,6-7H2,1-3H3,(H,18,19). The Labute approximate surface area is 117 Å². The molecule has 2 rings (SSSR count). The summed E-state index contributed by atoms with van der Waals surface area (Å²) in [5, 5.41) is 9.15. The highest BCUT2D eigenvalue weighted by molar-refractivity contribution is 5.95. The maximum absolute atomic E-state index is 12.5. The van der Waals surface area contributed by atoms with Gasteiger partial charge >= 0.3 is 5.97 Å². The van der Waals surface area contributed by atoms with Crippen LogP contribution in [-0.4, -0.2) is 53.2 Å². The van der Waals surface area contributed by atoms with Crippen molar-refractivity contribution in [2.75, 3.05) is 20.3 Å². The van der Waals surface area contributed by atoms with Gasteiger partial charge in [-0.3, -0.25) is 14.6 Å². The molecule has 0 aromatic carbocycles. The first kappa shape index (κ1) is 14.5. The molecule has 1 aliphatic rings. The zero-order valence-electron chi connectivity index (χ0n) is 11.8. The molecule has 0 spiro atoms. The number of hydrogen-bond acceptors (Lipinski definition) is 4. The number of carbonyl (C=O) groups is 2. The largest absolute Gasteiger partial charge is 0.481 e. The number of amides is 1. The molecule has 1 aromatic heterocycles. The maximum Gasteiger partial charge on any atom is 0.311 e. The van der Waals surface area contributed by atoms with E-state index in [2.05, 4.69) is 4.98 Å². The molecule has 1 amide bonds. The van der Waals surface area contributed by atoms with Crippen LogP contribution in [-0.2, 0) is 9.53 Å². The number of rotatable bonds is 3. The molecule has 2 unspecified atom stereocenters. The smallest absolute Gasteiger partial charge is 0.311 e. The number of carbonyl (C=O) groups excluding carboxylic acids is 1. The lowest BCUT2D eigenvalue weighted by Crippen LogP contribution is -2.44. The number of nitrogens with zero attached hydrogens (tertiary/aromatic N) is 2. The molecule has 0 bridgehead atoms. The van der Waals surface area contributed by atoms with Gasteiger partial charge in [-0.15, -0.1) is 0 Å². The van der Waals surface area contributed by atoms with Crippen molar-refractivity contribution in [3.63, 3.8) is 0 Å². The van der Waals surface area contributed by atoms with Crippen molar-refractivity contribution >= 4 is 11.9 Å². The van der Waals surface area contributed by atoms with Gasteiger partial charge in [-0.25, -0.2) is 0 Å². The molecule has 0 radical (unpaired) electrons. The summed E-state index contributed by atoms with van der Waals surface area (Å²) in [5.41, 5.74) is 1.98. The topological polar surface area (TPSA) is 79.7 Å². The minimum atomic E-state index is -0.939. The fourth-order valence-electron chi connectivity index (χ4n) is 2.41. The Morgan fingerprint density at radius 2 is 2.05 bits per heavy atom. The quantitative estimate of drug-likeness (QED) is 0.887. The van der Waals surface area contributed by atoms with Crippen LogP contribution in [0.2, 0.25) is 0 Å². The van der Waals surface area contributed by atoms with Crippen LogP contribution >= 0.6 is 0 Å². The summed E-state index contributed by atoms with van der Waals surface area (Å²) in [6.07, 6.45) is 0. The van der Waals surface area contributed by atoms with Crippen LogP contribution in [0.1, 0.15) is 21.7 Å². The monoisotopic (exact) mass is 278 g/mol. The summed E-state index contributed by atoms with van der Waals surface area (Å²) in [5.74, 6) is -1.84. The molecule has 1 saturated heterocycles. The van der Waals surface area contributed by atoms with Crippen molar-refractivity contribution in [1.82, 2.24) is 9.88 Å². The second kappa shape index (κ2) is 5.58. The molecule has 6 nitrogen and oxygen atoms in total. The van der Waals surface area contributed by atoms with E-state index in [9.17, 15) is 9.59 Å². The van der Waals surface area contributed by atoms with Crippen LogP contribution in [0.25, 0.3) is 0 Å². The Balaban J connectivity index is 2.22. The SMILES string of the molecule is Cc1ccc(C(=O)N(C)C2COCC2C(=O)O)c(C)n1. The normalized spacial score (nSPS) is 21.8. The first-order valence-corrected chi connectivity index (χ1v) is 6.43. The van der Waals surface area contributed by atoms with E-state index in [1.165, 1.54) is 4.90 Å². The fraction of sp³-hybridized carbons (Fsp3) is 0.500. The molecular formula is C14H18N2O4. The molecule has 0 aliphatic carbocycles. The number of likely N-dealkylation sites (N-methyl/N-ethyl adjacent to an activating group) is 1. The lowest BCUT2D eigenvalue weighted by atomic mass is 10.0. The minimum absolute atomic E-state index is 0.142. The summed E-state index contributed by atoms with van der Waals surface area (Å²) in [4.78, 5) is 29.3. The number of aryl methyl sites for hydroxylation is 2. The Hall–Kier alpha value is -1.95. The third kappa shape index (κ3) is 2.65. The van der Waals surface area contributed by atoms with Crippen molar-refractivity contribution in [2.24, 2.45) is 5.92 Å². The Morgan fingerprint density at radius 3 is 2.65 bits per heavy atom. The number of aromatic nitrogens is 1. The number of aliphatic carboxylic acids is 1. The predicted octanol–water partition coefficient (Wildman–Crippen LogP) is 0.870. The van der Waals surface area contributed by atoms with Gasteiger partial charge < -0.3 is 14.7 Å². The van der Waals surface area contributed by atoms with E-state index in [0.29, 0.717) is 11.3 Å². The van der Waals surface area contributed by atoms with Gasteiger partial charge in [0.2, 0.25) is 0 Å². The van der Waals surface area contributed by atoms with Gasteiger partial charge in [0, 0.05) is 12.7 Å². The molecule has 20 heavy (non-hydrogen) atoms. The number of hydrogen-bond donors (Lipinski definition) is 1. The first-order valence-electron chi connectivity index (χ1n) is 6.43.